The molecule has 3 rings (SSSR count). The number of halogens is 2. The van der Waals surface area contributed by atoms with E-state index in [0.29, 0.717) is 29.8 Å². The van der Waals surface area contributed by atoms with Gasteiger partial charge in [-0.2, -0.15) is 0 Å². The molecule has 0 spiro atoms. The van der Waals surface area contributed by atoms with Crippen molar-refractivity contribution >= 4 is 21.6 Å². The lowest BCUT2D eigenvalue weighted by atomic mass is 10.1. The van der Waals surface area contributed by atoms with Gasteiger partial charge in [0.1, 0.15) is 0 Å². The van der Waals surface area contributed by atoms with Gasteiger partial charge in [-0.1, -0.05) is 12.1 Å². The lowest BCUT2D eigenvalue weighted by Gasteiger charge is -2.20. The van der Waals surface area contributed by atoms with Crippen LogP contribution in [-0.2, 0) is 16.6 Å². The lowest BCUT2D eigenvalue weighted by molar-refractivity contribution is 0.0785. The van der Waals surface area contributed by atoms with Crippen LogP contribution in [0.15, 0.2) is 42.5 Å². The molecule has 1 aliphatic rings. The van der Waals surface area contributed by atoms with Gasteiger partial charge in [-0.05, 0) is 42.3 Å². The Morgan fingerprint density at radius 3 is 2.58 bits per heavy atom. The average Bonchev–Trinajstić information content (AvgIpc) is 2.96. The third-order valence-corrected chi connectivity index (χ3v) is 6.10. The zero-order valence-corrected chi connectivity index (χ0v) is 15.0. The maximum atomic E-state index is 13.3. The summed E-state index contributed by atoms with van der Waals surface area (Å²) in [4.78, 5) is 14.0. The first-order valence-electron chi connectivity index (χ1n) is 8.08. The molecule has 1 amide bonds. The number of hydrogen-bond donors (Lipinski definition) is 0. The van der Waals surface area contributed by atoms with Crippen LogP contribution in [0.4, 0.5) is 14.5 Å². The molecular weight excluding hydrogens is 362 g/mol. The maximum Gasteiger partial charge on any atom is 0.253 e. The summed E-state index contributed by atoms with van der Waals surface area (Å²) in [6.45, 7) is 0.493. The maximum absolute atomic E-state index is 13.3. The highest BCUT2D eigenvalue weighted by Gasteiger charge is 2.28. The van der Waals surface area contributed by atoms with Crippen molar-refractivity contribution in [3.8, 4) is 0 Å². The predicted octanol–water partition coefficient (Wildman–Crippen LogP) is 2.78. The van der Waals surface area contributed by atoms with Gasteiger partial charge in [0.2, 0.25) is 10.0 Å². The first-order chi connectivity index (χ1) is 12.3. The zero-order valence-electron chi connectivity index (χ0n) is 14.2. The summed E-state index contributed by atoms with van der Waals surface area (Å²) in [7, 11) is -1.78. The van der Waals surface area contributed by atoms with Crippen LogP contribution in [0.25, 0.3) is 0 Å². The molecule has 0 N–H and O–H groups in total. The van der Waals surface area contributed by atoms with Gasteiger partial charge in [0.25, 0.3) is 5.91 Å². The van der Waals surface area contributed by atoms with E-state index in [0.717, 1.165) is 12.1 Å². The van der Waals surface area contributed by atoms with Gasteiger partial charge in [-0.25, -0.2) is 17.2 Å². The highest BCUT2D eigenvalue weighted by Crippen LogP contribution is 2.25. The number of sulfonamides is 1. The highest BCUT2D eigenvalue weighted by atomic mass is 32.2. The van der Waals surface area contributed by atoms with Crippen molar-refractivity contribution in [3.63, 3.8) is 0 Å². The molecule has 0 radical (unpaired) electrons. The molecule has 1 aliphatic heterocycles. The Hall–Kier alpha value is -2.48. The molecule has 0 aliphatic carbocycles. The van der Waals surface area contributed by atoms with Crippen LogP contribution in [0.1, 0.15) is 22.3 Å². The Bertz CT molecular complexity index is 947. The van der Waals surface area contributed by atoms with Gasteiger partial charge in [0, 0.05) is 25.7 Å². The number of amides is 1. The lowest BCUT2D eigenvalue weighted by Crippen LogP contribution is -2.28. The van der Waals surface area contributed by atoms with Crippen LogP contribution in [0.2, 0.25) is 0 Å². The standard InChI is InChI=1S/C18H18F2N2O3S/c1-21(12-13-6-7-16(19)17(20)10-13)18(23)14-4-2-5-15(11-14)22-8-3-9-26(22,24)25/h2,4-7,10-11H,3,8-9,12H2,1H3. The molecule has 138 valence electrons. The van der Waals surface area contributed by atoms with Gasteiger partial charge in [-0.15, -0.1) is 0 Å². The summed E-state index contributed by atoms with van der Waals surface area (Å²) in [5.74, 6) is -2.15. The van der Waals surface area contributed by atoms with Crippen LogP contribution in [0, 0.1) is 11.6 Å². The summed E-state index contributed by atoms with van der Waals surface area (Å²) in [5.41, 5.74) is 1.24. The minimum absolute atomic E-state index is 0.0984. The summed E-state index contributed by atoms with van der Waals surface area (Å²) >= 11 is 0. The van der Waals surface area contributed by atoms with E-state index in [-0.39, 0.29) is 18.2 Å². The van der Waals surface area contributed by atoms with Gasteiger partial charge in [-0.3, -0.25) is 9.10 Å². The molecular formula is C18H18F2N2O3S. The number of carbonyl (C=O) groups is 1. The minimum Gasteiger partial charge on any atom is -0.337 e. The molecule has 2 aromatic rings. The third-order valence-electron chi connectivity index (χ3n) is 4.23. The zero-order chi connectivity index (χ0) is 18.9. The second kappa shape index (κ2) is 7.03. The van der Waals surface area contributed by atoms with Crippen LogP contribution in [0.5, 0.6) is 0 Å². The summed E-state index contributed by atoms with van der Waals surface area (Å²) in [6.07, 6.45) is 0.552. The summed E-state index contributed by atoms with van der Waals surface area (Å²) in [5, 5.41) is 0. The second-order valence-electron chi connectivity index (χ2n) is 6.20. The predicted molar refractivity (Wildman–Crippen MR) is 94.3 cm³/mol. The number of carbonyl (C=O) groups excluding carboxylic acids is 1. The van der Waals surface area contributed by atoms with Crippen molar-refractivity contribution in [3.05, 3.63) is 65.2 Å². The Balaban J connectivity index is 1.79. The number of hydrogen-bond acceptors (Lipinski definition) is 3. The molecule has 0 unspecified atom stereocenters. The highest BCUT2D eigenvalue weighted by molar-refractivity contribution is 7.93. The van der Waals surface area contributed by atoms with Crippen molar-refractivity contribution < 1.29 is 22.0 Å². The van der Waals surface area contributed by atoms with Crippen molar-refractivity contribution in [2.24, 2.45) is 0 Å². The van der Waals surface area contributed by atoms with E-state index in [9.17, 15) is 22.0 Å². The molecule has 0 bridgehead atoms. The molecule has 1 saturated heterocycles. The van der Waals surface area contributed by atoms with E-state index in [1.165, 1.54) is 21.3 Å². The van der Waals surface area contributed by atoms with Gasteiger partial charge < -0.3 is 4.90 Å². The number of nitrogens with zero attached hydrogens (tertiary/aromatic N) is 2. The van der Waals surface area contributed by atoms with Crippen molar-refractivity contribution in [1.82, 2.24) is 4.90 Å². The fourth-order valence-electron chi connectivity index (χ4n) is 2.93. The molecule has 0 aromatic heterocycles. The van der Waals surface area contributed by atoms with E-state index >= 15 is 0 Å². The number of anilines is 1. The molecule has 0 atom stereocenters. The first-order valence-corrected chi connectivity index (χ1v) is 9.69. The van der Waals surface area contributed by atoms with Crippen molar-refractivity contribution in [2.45, 2.75) is 13.0 Å². The van der Waals surface area contributed by atoms with E-state index in [2.05, 4.69) is 0 Å². The summed E-state index contributed by atoms with van der Waals surface area (Å²) in [6, 6.07) is 9.88. The van der Waals surface area contributed by atoms with Crippen LogP contribution in [0.3, 0.4) is 0 Å². The van der Waals surface area contributed by atoms with Gasteiger partial charge >= 0.3 is 0 Å². The first kappa shape index (κ1) is 18.3. The molecule has 1 heterocycles. The normalized spacial score (nSPS) is 15.9. The molecule has 2 aromatic carbocycles. The van der Waals surface area contributed by atoms with Crippen LogP contribution >= 0.6 is 0 Å². The van der Waals surface area contributed by atoms with Crippen LogP contribution in [-0.4, -0.2) is 38.6 Å². The van der Waals surface area contributed by atoms with E-state index in [4.69, 9.17) is 0 Å². The van der Waals surface area contributed by atoms with Gasteiger partial charge in [0.05, 0.1) is 11.4 Å². The molecule has 5 nitrogen and oxygen atoms in total. The SMILES string of the molecule is CN(Cc1ccc(F)c(F)c1)C(=O)c1cccc(N2CCCS2(=O)=O)c1. The molecule has 8 heteroatoms. The average molecular weight is 380 g/mol. The molecule has 1 fully saturated rings. The second-order valence-corrected chi connectivity index (χ2v) is 8.21. The van der Waals surface area contributed by atoms with Crippen molar-refractivity contribution in [1.29, 1.82) is 0 Å². The van der Waals surface area contributed by atoms with E-state index in [1.54, 1.807) is 25.2 Å². The number of rotatable bonds is 4. The van der Waals surface area contributed by atoms with Crippen LogP contribution < -0.4 is 4.31 Å². The van der Waals surface area contributed by atoms with E-state index in [1.807, 2.05) is 0 Å². The Labute approximate surface area is 150 Å². The monoisotopic (exact) mass is 380 g/mol. The topological polar surface area (TPSA) is 57.7 Å². The quantitative estimate of drug-likeness (QED) is 0.820. The van der Waals surface area contributed by atoms with Crippen molar-refractivity contribution in [2.75, 3.05) is 23.7 Å². The fourth-order valence-corrected chi connectivity index (χ4v) is 4.48. The fraction of sp³-hybridized carbons (Fsp3) is 0.278. The Morgan fingerprint density at radius 2 is 1.92 bits per heavy atom. The Kier molecular flexibility index (Phi) is 4.95. The van der Waals surface area contributed by atoms with E-state index < -0.39 is 21.7 Å². The third kappa shape index (κ3) is 3.70. The summed E-state index contributed by atoms with van der Waals surface area (Å²) < 4.78 is 51.7. The number of benzene rings is 2. The smallest absolute Gasteiger partial charge is 0.253 e. The molecule has 0 saturated carbocycles. The Morgan fingerprint density at radius 1 is 1.15 bits per heavy atom. The molecule has 26 heavy (non-hydrogen) atoms. The van der Waals surface area contributed by atoms with Gasteiger partial charge in [0.15, 0.2) is 11.6 Å². The minimum atomic E-state index is -3.33. The largest absolute Gasteiger partial charge is 0.337 e.